The number of benzene rings is 1. The fourth-order valence-electron chi connectivity index (χ4n) is 2.61. The van der Waals surface area contributed by atoms with Crippen LogP contribution in [0.4, 0.5) is 13.2 Å². The first-order valence-corrected chi connectivity index (χ1v) is 8.02. The van der Waals surface area contributed by atoms with Crippen LogP contribution < -0.4 is 14.2 Å². The quantitative estimate of drug-likeness (QED) is 0.796. The molecule has 144 valence electrons. The number of nitrogens with zero attached hydrogens (tertiary/aromatic N) is 2. The number of carbonyl (C=O) groups excluding carboxylic acids is 1. The molecule has 3 rings (SSSR count). The molecular formula is C18H17F3N2O4. The summed E-state index contributed by atoms with van der Waals surface area (Å²) in [5.41, 5.74) is -0.440. The van der Waals surface area contributed by atoms with Gasteiger partial charge in [-0.25, -0.2) is 4.98 Å². The molecule has 0 bridgehead atoms. The number of carbonyl (C=O) groups is 1. The summed E-state index contributed by atoms with van der Waals surface area (Å²) in [6.07, 6.45) is -3.84. The summed E-state index contributed by atoms with van der Waals surface area (Å²) in [4.78, 5) is 17.9. The van der Waals surface area contributed by atoms with Gasteiger partial charge in [0.2, 0.25) is 5.88 Å². The number of halogens is 3. The van der Waals surface area contributed by atoms with E-state index in [1.54, 1.807) is 18.2 Å². The summed E-state index contributed by atoms with van der Waals surface area (Å²) in [7, 11) is 2.97. The highest BCUT2D eigenvalue weighted by Gasteiger charge is 2.35. The minimum Gasteiger partial charge on any atom is -0.497 e. The van der Waals surface area contributed by atoms with Gasteiger partial charge in [0.25, 0.3) is 5.91 Å². The zero-order valence-electron chi connectivity index (χ0n) is 14.6. The second kappa shape index (κ2) is 7.34. The first-order chi connectivity index (χ1) is 12.8. The number of likely N-dealkylation sites (tertiary alicyclic amines) is 1. The Labute approximate surface area is 153 Å². The van der Waals surface area contributed by atoms with Gasteiger partial charge in [0.05, 0.1) is 32.9 Å². The van der Waals surface area contributed by atoms with E-state index in [4.69, 9.17) is 14.2 Å². The number of rotatable bonds is 5. The molecule has 6 nitrogen and oxygen atoms in total. The molecule has 2 heterocycles. The van der Waals surface area contributed by atoms with E-state index in [0.717, 1.165) is 18.3 Å². The van der Waals surface area contributed by atoms with Gasteiger partial charge in [-0.05, 0) is 18.2 Å². The monoisotopic (exact) mass is 382 g/mol. The Kier molecular flexibility index (Phi) is 5.11. The summed E-state index contributed by atoms with van der Waals surface area (Å²) >= 11 is 0. The third-order valence-electron chi connectivity index (χ3n) is 4.08. The number of alkyl halides is 3. The molecule has 1 aliphatic rings. The van der Waals surface area contributed by atoms with Gasteiger partial charge < -0.3 is 19.1 Å². The van der Waals surface area contributed by atoms with Gasteiger partial charge in [-0.2, -0.15) is 13.2 Å². The van der Waals surface area contributed by atoms with E-state index >= 15 is 0 Å². The summed E-state index contributed by atoms with van der Waals surface area (Å²) < 4.78 is 53.9. The zero-order chi connectivity index (χ0) is 19.6. The van der Waals surface area contributed by atoms with Crippen LogP contribution in [0.1, 0.15) is 15.9 Å². The number of aromatic nitrogens is 1. The second-order valence-electron chi connectivity index (χ2n) is 5.93. The number of amides is 1. The number of hydrogen-bond acceptors (Lipinski definition) is 5. The molecule has 2 aromatic rings. The van der Waals surface area contributed by atoms with Crippen LogP contribution in [-0.2, 0) is 6.18 Å². The summed E-state index contributed by atoms with van der Waals surface area (Å²) in [5, 5.41) is 0. The fraction of sp³-hybridized carbons (Fsp3) is 0.333. The maximum absolute atomic E-state index is 12.7. The van der Waals surface area contributed by atoms with E-state index in [0.29, 0.717) is 17.1 Å². The number of pyridine rings is 1. The number of hydrogen-bond donors (Lipinski definition) is 0. The molecule has 0 atom stereocenters. The molecule has 0 radical (unpaired) electrons. The fourth-order valence-corrected chi connectivity index (χ4v) is 2.61. The van der Waals surface area contributed by atoms with E-state index in [-0.39, 0.29) is 24.9 Å². The van der Waals surface area contributed by atoms with Crippen LogP contribution >= 0.6 is 0 Å². The summed E-state index contributed by atoms with van der Waals surface area (Å²) in [6.45, 7) is 0.493. The molecule has 1 amide bonds. The highest BCUT2D eigenvalue weighted by molar-refractivity contribution is 5.95. The van der Waals surface area contributed by atoms with Crippen LogP contribution in [0.5, 0.6) is 17.4 Å². The van der Waals surface area contributed by atoms with E-state index in [1.807, 2.05) is 0 Å². The van der Waals surface area contributed by atoms with Crippen molar-refractivity contribution >= 4 is 5.91 Å². The molecule has 0 aliphatic carbocycles. The van der Waals surface area contributed by atoms with Crippen molar-refractivity contribution in [3.63, 3.8) is 0 Å². The smallest absolute Gasteiger partial charge is 0.416 e. The van der Waals surface area contributed by atoms with Crippen LogP contribution in [0.15, 0.2) is 36.5 Å². The molecule has 1 aromatic carbocycles. The van der Waals surface area contributed by atoms with Gasteiger partial charge in [-0.15, -0.1) is 0 Å². The third-order valence-corrected chi connectivity index (χ3v) is 4.08. The normalized spacial score (nSPS) is 14.5. The van der Waals surface area contributed by atoms with Gasteiger partial charge in [0.15, 0.2) is 0 Å². The van der Waals surface area contributed by atoms with Crippen LogP contribution in [0, 0.1) is 0 Å². The van der Waals surface area contributed by atoms with Crippen LogP contribution in [-0.4, -0.2) is 49.2 Å². The Bertz CT molecular complexity index is 813. The van der Waals surface area contributed by atoms with E-state index in [1.165, 1.54) is 19.1 Å². The predicted molar refractivity (Wildman–Crippen MR) is 89.1 cm³/mol. The molecule has 1 aliphatic heterocycles. The van der Waals surface area contributed by atoms with Crippen molar-refractivity contribution in [1.82, 2.24) is 9.88 Å². The molecule has 27 heavy (non-hydrogen) atoms. The predicted octanol–water partition coefficient (Wildman–Crippen LogP) is 3.02. The maximum Gasteiger partial charge on any atom is 0.416 e. The lowest BCUT2D eigenvalue weighted by Crippen LogP contribution is -2.56. The van der Waals surface area contributed by atoms with Crippen molar-refractivity contribution in [2.45, 2.75) is 12.3 Å². The largest absolute Gasteiger partial charge is 0.497 e. The molecule has 0 saturated carbocycles. The van der Waals surface area contributed by atoms with Crippen molar-refractivity contribution in [1.29, 1.82) is 0 Å². The van der Waals surface area contributed by atoms with E-state index in [2.05, 4.69) is 4.98 Å². The molecular weight excluding hydrogens is 365 g/mol. The van der Waals surface area contributed by atoms with Gasteiger partial charge >= 0.3 is 6.18 Å². The zero-order valence-corrected chi connectivity index (χ0v) is 14.6. The Balaban J connectivity index is 1.62. The van der Waals surface area contributed by atoms with Crippen molar-refractivity contribution in [2.75, 3.05) is 27.3 Å². The van der Waals surface area contributed by atoms with Crippen LogP contribution in [0.2, 0.25) is 0 Å². The molecule has 0 unspecified atom stereocenters. The van der Waals surface area contributed by atoms with Crippen molar-refractivity contribution in [3.8, 4) is 17.4 Å². The van der Waals surface area contributed by atoms with Crippen molar-refractivity contribution in [3.05, 3.63) is 47.7 Å². The molecule has 1 fully saturated rings. The lowest BCUT2D eigenvalue weighted by Gasteiger charge is -2.38. The summed E-state index contributed by atoms with van der Waals surface area (Å²) in [6, 6.07) is 6.55. The van der Waals surface area contributed by atoms with Crippen molar-refractivity contribution < 1.29 is 32.2 Å². The SMILES string of the molecule is COc1cc(OC)cc(C(=O)N2CC(Oc3cc(C(F)(F)F)ccn3)C2)c1. The molecule has 1 aromatic heterocycles. The number of ether oxygens (including phenoxy) is 3. The lowest BCUT2D eigenvalue weighted by atomic mass is 10.1. The maximum atomic E-state index is 12.7. The minimum absolute atomic E-state index is 0.120. The van der Waals surface area contributed by atoms with E-state index < -0.39 is 17.8 Å². The first kappa shape index (κ1) is 18.8. The topological polar surface area (TPSA) is 60.9 Å². The average Bonchev–Trinajstić information content (AvgIpc) is 2.62. The first-order valence-electron chi connectivity index (χ1n) is 8.02. The Morgan fingerprint density at radius 2 is 1.74 bits per heavy atom. The summed E-state index contributed by atoms with van der Waals surface area (Å²) in [5.74, 6) is 0.604. The third kappa shape index (κ3) is 4.24. The second-order valence-corrected chi connectivity index (χ2v) is 5.93. The van der Waals surface area contributed by atoms with Gasteiger partial charge in [-0.1, -0.05) is 0 Å². The Morgan fingerprint density at radius 1 is 1.11 bits per heavy atom. The molecule has 1 saturated heterocycles. The Morgan fingerprint density at radius 3 is 2.30 bits per heavy atom. The van der Waals surface area contributed by atoms with Gasteiger partial charge in [-0.3, -0.25) is 4.79 Å². The average molecular weight is 382 g/mol. The molecule has 0 N–H and O–H groups in total. The standard InChI is InChI=1S/C18H17F3N2O4/c1-25-13-5-11(6-14(8-13)26-2)17(24)23-9-15(10-23)27-16-7-12(3-4-22-16)18(19,20)21/h3-8,15H,9-10H2,1-2H3. The molecule has 9 heteroatoms. The van der Waals surface area contributed by atoms with Crippen molar-refractivity contribution in [2.24, 2.45) is 0 Å². The number of methoxy groups -OCH3 is 2. The Hall–Kier alpha value is -2.97. The highest BCUT2D eigenvalue weighted by Crippen LogP contribution is 2.31. The minimum atomic E-state index is -4.46. The van der Waals surface area contributed by atoms with E-state index in [9.17, 15) is 18.0 Å². The van der Waals surface area contributed by atoms with Crippen LogP contribution in [0.3, 0.4) is 0 Å². The van der Waals surface area contributed by atoms with Crippen LogP contribution in [0.25, 0.3) is 0 Å². The van der Waals surface area contributed by atoms with Gasteiger partial charge in [0, 0.05) is 23.9 Å². The highest BCUT2D eigenvalue weighted by atomic mass is 19.4. The molecule has 0 spiro atoms. The van der Waals surface area contributed by atoms with Gasteiger partial charge in [0.1, 0.15) is 17.6 Å². The lowest BCUT2D eigenvalue weighted by molar-refractivity contribution is -0.137.